The van der Waals surface area contributed by atoms with Gasteiger partial charge in [0.05, 0.1) is 6.61 Å². The second-order valence-electron chi connectivity index (χ2n) is 6.35. The van der Waals surface area contributed by atoms with Crippen molar-refractivity contribution in [2.75, 3.05) is 19.8 Å². The van der Waals surface area contributed by atoms with Crippen molar-refractivity contribution < 1.29 is 29.4 Å². The summed E-state index contributed by atoms with van der Waals surface area (Å²) in [5, 5.41) is 22.4. The fourth-order valence-corrected chi connectivity index (χ4v) is 2.60. The standard InChI is InChI=1S/C21H25N3O6/c1-2-11-22-20(27)18(21(28)24-29)23-19(26)16-5-3-14(4-6-16)15-7-9-17(10-8-15)30-13-12-25/h3-10,18,25,29H,2,11-13H2,1H3,(H,22,27)(H,23,26)(H,24,28). The summed E-state index contributed by atoms with van der Waals surface area (Å²) in [4.78, 5) is 36.3. The van der Waals surface area contributed by atoms with E-state index in [1.165, 1.54) is 5.48 Å². The summed E-state index contributed by atoms with van der Waals surface area (Å²) < 4.78 is 5.32. The van der Waals surface area contributed by atoms with Crippen LogP contribution < -0.4 is 20.9 Å². The minimum absolute atomic E-state index is 0.0631. The lowest BCUT2D eigenvalue weighted by molar-refractivity contribution is -0.137. The third kappa shape index (κ3) is 6.29. The molecular formula is C21H25N3O6. The Balaban J connectivity index is 2.07. The van der Waals surface area contributed by atoms with Crippen molar-refractivity contribution in [1.82, 2.24) is 16.1 Å². The van der Waals surface area contributed by atoms with Gasteiger partial charge < -0.3 is 20.5 Å². The summed E-state index contributed by atoms with van der Waals surface area (Å²) in [6.45, 7) is 2.33. The molecule has 0 spiro atoms. The molecule has 0 heterocycles. The van der Waals surface area contributed by atoms with E-state index in [2.05, 4.69) is 10.6 Å². The van der Waals surface area contributed by atoms with E-state index in [0.29, 0.717) is 18.7 Å². The van der Waals surface area contributed by atoms with Crippen LogP contribution in [-0.4, -0.2) is 53.8 Å². The number of hydrogen-bond donors (Lipinski definition) is 5. The van der Waals surface area contributed by atoms with Crippen LogP contribution >= 0.6 is 0 Å². The molecule has 5 N–H and O–H groups in total. The van der Waals surface area contributed by atoms with Gasteiger partial charge >= 0.3 is 0 Å². The van der Waals surface area contributed by atoms with Crippen molar-refractivity contribution in [1.29, 1.82) is 0 Å². The highest BCUT2D eigenvalue weighted by atomic mass is 16.5. The first-order chi connectivity index (χ1) is 14.5. The van der Waals surface area contributed by atoms with Crippen LogP contribution in [0.2, 0.25) is 0 Å². The summed E-state index contributed by atoms with van der Waals surface area (Å²) in [6.07, 6.45) is 0.656. The molecule has 0 saturated carbocycles. The highest BCUT2D eigenvalue weighted by Crippen LogP contribution is 2.23. The van der Waals surface area contributed by atoms with Crippen molar-refractivity contribution in [2.24, 2.45) is 0 Å². The molecular weight excluding hydrogens is 390 g/mol. The SMILES string of the molecule is CCCNC(=O)C(NC(=O)c1ccc(-c2ccc(OCCO)cc2)cc1)C(=O)NO. The summed E-state index contributed by atoms with van der Waals surface area (Å²) in [5.74, 6) is -1.73. The number of aliphatic hydroxyl groups is 1. The van der Waals surface area contributed by atoms with Gasteiger partial charge in [0.2, 0.25) is 0 Å². The van der Waals surface area contributed by atoms with Crippen LogP contribution in [0.25, 0.3) is 11.1 Å². The Morgan fingerprint density at radius 2 is 1.57 bits per heavy atom. The molecule has 0 bridgehead atoms. The Labute approximate surface area is 174 Å². The van der Waals surface area contributed by atoms with Gasteiger partial charge in [-0.3, -0.25) is 19.6 Å². The van der Waals surface area contributed by atoms with Gasteiger partial charge in [0.1, 0.15) is 12.4 Å². The summed E-state index contributed by atoms with van der Waals surface area (Å²) >= 11 is 0. The molecule has 0 aromatic heterocycles. The number of hydrogen-bond acceptors (Lipinski definition) is 6. The molecule has 1 unspecified atom stereocenters. The summed E-state index contributed by atoms with van der Waals surface area (Å²) in [7, 11) is 0. The molecule has 0 radical (unpaired) electrons. The van der Waals surface area contributed by atoms with Crippen molar-refractivity contribution >= 4 is 17.7 Å². The first-order valence-corrected chi connectivity index (χ1v) is 9.46. The number of carbonyl (C=O) groups is 3. The lowest BCUT2D eigenvalue weighted by atomic mass is 10.0. The molecule has 0 aliphatic carbocycles. The lowest BCUT2D eigenvalue weighted by Gasteiger charge is -2.16. The Morgan fingerprint density at radius 1 is 0.967 bits per heavy atom. The van der Waals surface area contributed by atoms with Crippen molar-refractivity contribution in [3.63, 3.8) is 0 Å². The topological polar surface area (TPSA) is 137 Å². The van der Waals surface area contributed by atoms with E-state index in [1.807, 2.05) is 19.1 Å². The number of benzene rings is 2. The molecule has 1 atom stereocenters. The highest BCUT2D eigenvalue weighted by Gasteiger charge is 2.28. The van der Waals surface area contributed by atoms with E-state index < -0.39 is 23.8 Å². The second kappa shape index (κ2) is 11.5. The molecule has 160 valence electrons. The average Bonchev–Trinajstić information content (AvgIpc) is 2.79. The number of ether oxygens (including phenoxy) is 1. The maximum Gasteiger partial charge on any atom is 0.275 e. The van der Waals surface area contributed by atoms with Crippen LogP contribution in [0.4, 0.5) is 0 Å². The van der Waals surface area contributed by atoms with E-state index in [0.717, 1.165) is 11.1 Å². The molecule has 9 heteroatoms. The first kappa shape index (κ1) is 22.9. The number of carbonyl (C=O) groups excluding carboxylic acids is 3. The largest absolute Gasteiger partial charge is 0.491 e. The lowest BCUT2D eigenvalue weighted by Crippen LogP contribution is -2.54. The third-order valence-corrected chi connectivity index (χ3v) is 4.15. The Kier molecular flexibility index (Phi) is 8.79. The zero-order valence-corrected chi connectivity index (χ0v) is 16.6. The predicted molar refractivity (Wildman–Crippen MR) is 109 cm³/mol. The quantitative estimate of drug-likeness (QED) is 0.222. The molecule has 0 aliphatic heterocycles. The van der Waals surface area contributed by atoms with Gasteiger partial charge in [-0.05, 0) is 41.8 Å². The van der Waals surface area contributed by atoms with E-state index in [4.69, 9.17) is 15.1 Å². The Bertz CT molecular complexity index is 852. The van der Waals surface area contributed by atoms with Gasteiger partial charge in [-0.2, -0.15) is 0 Å². The maximum absolute atomic E-state index is 12.5. The molecule has 30 heavy (non-hydrogen) atoms. The monoisotopic (exact) mass is 415 g/mol. The minimum Gasteiger partial charge on any atom is -0.491 e. The van der Waals surface area contributed by atoms with Crippen LogP contribution in [0.5, 0.6) is 5.75 Å². The van der Waals surface area contributed by atoms with E-state index in [9.17, 15) is 14.4 Å². The molecule has 2 rings (SSSR count). The Morgan fingerprint density at radius 3 is 2.10 bits per heavy atom. The fourth-order valence-electron chi connectivity index (χ4n) is 2.60. The van der Waals surface area contributed by atoms with E-state index in [1.54, 1.807) is 36.4 Å². The molecule has 0 aliphatic rings. The van der Waals surface area contributed by atoms with Gasteiger partial charge in [0, 0.05) is 12.1 Å². The van der Waals surface area contributed by atoms with Crippen LogP contribution in [0.15, 0.2) is 48.5 Å². The molecule has 0 fully saturated rings. The van der Waals surface area contributed by atoms with Crippen LogP contribution in [0.1, 0.15) is 23.7 Å². The fraction of sp³-hybridized carbons (Fsp3) is 0.286. The van der Waals surface area contributed by atoms with Crippen molar-refractivity contribution in [3.05, 3.63) is 54.1 Å². The molecule has 0 saturated heterocycles. The van der Waals surface area contributed by atoms with Crippen molar-refractivity contribution in [3.8, 4) is 16.9 Å². The van der Waals surface area contributed by atoms with Gasteiger partial charge in [0.25, 0.3) is 17.7 Å². The molecule has 2 aromatic carbocycles. The van der Waals surface area contributed by atoms with Gasteiger partial charge in [-0.25, -0.2) is 5.48 Å². The average molecular weight is 415 g/mol. The van der Waals surface area contributed by atoms with Gasteiger partial charge in [-0.15, -0.1) is 0 Å². The zero-order valence-electron chi connectivity index (χ0n) is 16.6. The van der Waals surface area contributed by atoms with Crippen LogP contribution in [0.3, 0.4) is 0 Å². The molecule has 3 amide bonds. The molecule has 9 nitrogen and oxygen atoms in total. The number of amides is 3. The van der Waals surface area contributed by atoms with Crippen LogP contribution in [0, 0.1) is 0 Å². The smallest absolute Gasteiger partial charge is 0.275 e. The van der Waals surface area contributed by atoms with E-state index >= 15 is 0 Å². The maximum atomic E-state index is 12.5. The van der Waals surface area contributed by atoms with Gasteiger partial charge in [-0.1, -0.05) is 31.2 Å². The van der Waals surface area contributed by atoms with Crippen molar-refractivity contribution in [2.45, 2.75) is 19.4 Å². The summed E-state index contributed by atoms with van der Waals surface area (Å²) in [5.41, 5.74) is 3.39. The number of nitrogens with one attached hydrogen (secondary N) is 3. The van der Waals surface area contributed by atoms with Crippen LogP contribution in [-0.2, 0) is 9.59 Å². The van der Waals surface area contributed by atoms with E-state index in [-0.39, 0.29) is 18.8 Å². The molecule has 2 aromatic rings. The zero-order chi connectivity index (χ0) is 21.9. The first-order valence-electron chi connectivity index (χ1n) is 9.46. The third-order valence-electron chi connectivity index (χ3n) is 4.15. The second-order valence-corrected chi connectivity index (χ2v) is 6.35. The normalized spacial score (nSPS) is 11.3. The number of rotatable bonds is 10. The predicted octanol–water partition coefficient (Wildman–Crippen LogP) is 0.855. The summed E-state index contributed by atoms with van der Waals surface area (Å²) in [6, 6.07) is 12.3. The highest BCUT2D eigenvalue weighted by molar-refractivity contribution is 6.08. The van der Waals surface area contributed by atoms with Gasteiger partial charge in [0.15, 0.2) is 6.04 Å². The number of hydroxylamine groups is 1. The minimum atomic E-state index is -1.56. The Hall–Kier alpha value is -3.43. The number of aliphatic hydroxyl groups excluding tert-OH is 1.